The van der Waals surface area contributed by atoms with Gasteiger partial charge in [0, 0.05) is 22.8 Å². The molecule has 1 N–H and O–H groups in total. The fourth-order valence-corrected chi connectivity index (χ4v) is 3.91. The number of ether oxygens (including phenoxy) is 1. The van der Waals surface area contributed by atoms with Crippen molar-refractivity contribution in [3.05, 3.63) is 53.6 Å². The van der Waals surface area contributed by atoms with Gasteiger partial charge in [0.05, 0.1) is 12.7 Å². The molecule has 2 aromatic rings. The fourth-order valence-electron chi connectivity index (χ4n) is 2.75. The second kappa shape index (κ2) is 8.77. The number of halogens is 1. The normalized spacial score (nSPS) is 15.9. The summed E-state index contributed by atoms with van der Waals surface area (Å²) < 4.78 is 5.86. The van der Waals surface area contributed by atoms with Crippen LogP contribution < -0.4 is 4.74 Å². The molecule has 2 aromatic carbocycles. The Kier molecular flexibility index (Phi) is 6.99. The molecule has 3 nitrogen and oxygen atoms in total. The molecule has 0 amide bonds. The molecule has 0 aliphatic carbocycles. The van der Waals surface area contributed by atoms with Gasteiger partial charge < -0.3 is 14.7 Å². The van der Waals surface area contributed by atoms with Crippen LogP contribution in [0.25, 0.3) is 0 Å². The van der Waals surface area contributed by atoms with Gasteiger partial charge in [-0.25, -0.2) is 0 Å². The molecular weight excluding hydrogens is 342 g/mol. The number of benzene rings is 2. The van der Waals surface area contributed by atoms with Crippen LogP contribution >= 0.6 is 24.2 Å². The first kappa shape index (κ1) is 19.1. The second-order valence-electron chi connectivity index (χ2n) is 6.13. The smallest absolute Gasteiger partial charge is 0.120 e. The van der Waals surface area contributed by atoms with Crippen LogP contribution in [0.15, 0.2) is 52.3 Å². The number of hydrogen-bond acceptors (Lipinski definition) is 4. The second-order valence-corrected chi connectivity index (χ2v) is 7.22. The number of nitrogens with zero attached hydrogens (tertiary/aromatic N) is 1. The number of rotatable bonds is 5. The lowest BCUT2D eigenvalue weighted by Crippen LogP contribution is -2.15. The average molecular weight is 366 g/mol. The van der Waals surface area contributed by atoms with Crippen LogP contribution in [0.2, 0.25) is 0 Å². The van der Waals surface area contributed by atoms with E-state index in [1.165, 1.54) is 10.5 Å². The summed E-state index contributed by atoms with van der Waals surface area (Å²) in [5.41, 5.74) is 2.20. The van der Waals surface area contributed by atoms with Crippen molar-refractivity contribution in [2.45, 2.75) is 28.7 Å². The van der Waals surface area contributed by atoms with Crippen molar-refractivity contribution in [1.82, 2.24) is 4.90 Å². The van der Waals surface area contributed by atoms with Crippen molar-refractivity contribution < 1.29 is 9.84 Å². The number of hydrogen-bond donors (Lipinski definition) is 1. The van der Waals surface area contributed by atoms with E-state index in [1.807, 2.05) is 24.3 Å². The SMILES string of the molecule is CN(C)CCCOc1ccc2c(c1)Sc1ccccc1CC2O.Cl. The predicted octanol–water partition coefficient (Wildman–Crippen LogP) is 4.18. The lowest BCUT2D eigenvalue weighted by molar-refractivity contribution is 0.175. The molecule has 0 saturated carbocycles. The van der Waals surface area contributed by atoms with E-state index >= 15 is 0 Å². The monoisotopic (exact) mass is 365 g/mol. The zero-order valence-electron chi connectivity index (χ0n) is 14.1. The minimum absolute atomic E-state index is 0. The van der Waals surface area contributed by atoms with E-state index in [2.05, 4.69) is 37.2 Å². The van der Waals surface area contributed by atoms with E-state index in [0.717, 1.165) is 29.2 Å². The third-order valence-electron chi connectivity index (χ3n) is 3.97. The van der Waals surface area contributed by atoms with E-state index in [0.29, 0.717) is 13.0 Å². The average Bonchev–Trinajstić information content (AvgIpc) is 2.67. The number of aliphatic hydroxyl groups is 1. The summed E-state index contributed by atoms with van der Waals surface area (Å²) in [4.78, 5) is 4.46. The third kappa shape index (κ3) is 4.67. The summed E-state index contributed by atoms with van der Waals surface area (Å²) >= 11 is 1.72. The molecule has 0 aromatic heterocycles. The molecule has 0 saturated heterocycles. The highest BCUT2D eigenvalue weighted by Gasteiger charge is 2.21. The van der Waals surface area contributed by atoms with Crippen LogP contribution in [0.1, 0.15) is 23.7 Å². The van der Waals surface area contributed by atoms with Crippen LogP contribution in [0.3, 0.4) is 0 Å². The Morgan fingerprint density at radius 1 is 1.17 bits per heavy atom. The Balaban J connectivity index is 0.00000208. The lowest BCUT2D eigenvalue weighted by Gasteiger charge is -2.14. The fraction of sp³-hybridized carbons (Fsp3) is 0.368. The highest BCUT2D eigenvalue weighted by atomic mass is 35.5. The Bertz CT molecular complexity index is 678. The standard InChI is InChI=1S/C19H23NO2S.ClH/c1-20(2)10-5-11-22-15-8-9-16-17(21)12-14-6-3-4-7-18(14)23-19(16)13-15;/h3-4,6-9,13,17,21H,5,10-12H2,1-2H3;1H. The molecule has 0 radical (unpaired) electrons. The van der Waals surface area contributed by atoms with Crippen LogP contribution in [-0.4, -0.2) is 37.3 Å². The van der Waals surface area contributed by atoms with Crippen molar-refractivity contribution in [3.63, 3.8) is 0 Å². The predicted molar refractivity (Wildman–Crippen MR) is 102 cm³/mol. The van der Waals surface area contributed by atoms with Crippen LogP contribution in [-0.2, 0) is 6.42 Å². The van der Waals surface area contributed by atoms with Gasteiger partial charge >= 0.3 is 0 Å². The minimum Gasteiger partial charge on any atom is -0.494 e. The summed E-state index contributed by atoms with van der Waals surface area (Å²) in [5.74, 6) is 0.876. The molecule has 1 atom stereocenters. The first-order chi connectivity index (χ1) is 11.1. The molecule has 5 heteroatoms. The third-order valence-corrected chi connectivity index (χ3v) is 5.16. The maximum absolute atomic E-state index is 10.5. The van der Waals surface area contributed by atoms with E-state index in [-0.39, 0.29) is 12.4 Å². The van der Waals surface area contributed by atoms with E-state index in [4.69, 9.17) is 4.74 Å². The van der Waals surface area contributed by atoms with Gasteiger partial charge in [-0.05, 0) is 49.8 Å². The molecule has 1 unspecified atom stereocenters. The summed E-state index contributed by atoms with van der Waals surface area (Å²) in [5, 5.41) is 10.5. The largest absolute Gasteiger partial charge is 0.494 e. The van der Waals surface area contributed by atoms with Gasteiger partial charge in [0.2, 0.25) is 0 Å². The number of fused-ring (bicyclic) bond motifs is 2. The number of aliphatic hydroxyl groups excluding tert-OH is 1. The molecule has 0 bridgehead atoms. The summed E-state index contributed by atoms with van der Waals surface area (Å²) in [6, 6.07) is 14.3. The van der Waals surface area contributed by atoms with Crippen molar-refractivity contribution in [3.8, 4) is 5.75 Å². The Hall–Kier alpha value is -1.20. The Labute approximate surface area is 154 Å². The van der Waals surface area contributed by atoms with Crippen molar-refractivity contribution in [2.75, 3.05) is 27.2 Å². The lowest BCUT2D eigenvalue weighted by atomic mass is 10.0. The topological polar surface area (TPSA) is 32.7 Å². The molecule has 1 aliphatic heterocycles. The van der Waals surface area contributed by atoms with E-state index in [1.54, 1.807) is 11.8 Å². The van der Waals surface area contributed by atoms with Crippen molar-refractivity contribution >= 4 is 24.2 Å². The van der Waals surface area contributed by atoms with E-state index < -0.39 is 6.10 Å². The molecule has 24 heavy (non-hydrogen) atoms. The van der Waals surface area contributed by atoms with Gasteiger partial charge in [0.25, 0.3) is 0 Å². The molecule has 0 spiro atoms. The first-order valence-electron chi connectivity index (χ1n) is 7.99. The van der Waals surface area contributed by atoms with Crippen LogP contribution in [0.4, 0.5) is 0 Å². The molecule has 3 rings (SSSR count). The van der Waals surface area contributed by atoms with Crippen molar-refractivity contribution in [1.29, 1.82) is 0 Å². The van der Waals surface area contributed by atoms with Gasteiger partial charge in [-0.3, -0.25) is 0 Å². The first-order valence-corrected chi connectivity index (χ1v) is 8.80. The molecule has 0 fully saturated rings. The molecule has 130 valence electrons. The molecular formula is C19H24ClNO2S. The highest BCUT2D eigenvalue weighted by molar-refractivity contribution is 7.99. The Morgan fingerprint density at radius 3 is 2.75 bits per heavy atom. The summed E-state index contributed by atoms with van der Waals surface area (Å²) in [6.45, 7) is 1.73. The highest BCUT2D eigenvalue weighted by Crippen LogP contribution is 2.42. The van der Waals surface area contributed by atoms with Gasteiger partial charge in [-0.15, -0.1) is 12.4 Å². The molecule has 1 heterocycles. The van der Waals surface area contributed by atoms with Gasteiger partial charge in [0.1, 0.15) is 5.75 Å². The zero-order valence-corrected chi connectivity index (χ0v) is 15.7. The zero-order chi connectivity index (χ0) is 16.2. The Morgan fingerprint density at radius 2 is 1.96 bits per heavy atom. The van der Waals surface area contributed by atoms with Crippen LogP contribution in [0.5, 0.6) is 5.75 Å². The van der Waals surface area contributed by atoms with Gasteiger partial charge in [-0.1, -0.05) is 36.0 Å². The molecule has 1 aliphatic rings. The van der Waals surface area contributed by atoms with Crippen LogP contribution in [0, 0.1) is 0 Å². The van der Waals surface area contributed by atoms with E-state index in [9.17, 15) is 5.11 Å². The van der Waals surface area contributed by atoms with Crippen molar-refractivity contribution in [2.24, 2.45) is 0 Å². The maximum Gasteiger partial charge on any atom is 0.120 e. The maximum atomic E-state index is 10.5. The summed E-state index contributed by atoms with van der Waals surface area (Å²) in [6.07, 6.45) is 1.21. The summed E-state index contributed by atoms with van der Waals surface area (Å²) in [7, 11) is 4.13. The van der Waals surface area contributed by atoms with Gasteiger partial charge in [-0.2, -0.15) is 0 Å². The quantitative estimate of drug-likeness (QED) is 0.806. The minimum atomic E-state index is -0.455. The van der Waals surface area contributed by atoms with Gasteiger partial charge in [0.15, 0.2) is 0 Å².